The number of carbonyl (C=O) groups is 1. The van der Waals surface area contributed by atoms with Gasteiger partial charge in [-0.05, 0) is 23.6 Å². The molecule has 0 aromatic heterocycles. The molecular formula is C16H25NO3. The van der Waals surface area contributed by atoms with Crippen LogP contribution in [0.15, 0.2) is 24.3 Å². The quantitative estimate of drug-likeness (QED) is 0.780. The summed E-state index contributed by atoms with van der Waals surface area (Å²) in [6.07, 6.45) is 0. The molecule has 1 aromatic rings. The second-order valence-corrected chi connectivity index (χ2v) is 5.43. The van der Waals surface area contributed by atoms with Gasteiger partial charge in [-0.2, -0.15) is 0 Å². The van der Waals surface area contributed by atoms with Crippen LogP contribution in [0.25, 0.3) is 0 Å². The van der Waals surface area contributed by atoms with Crippen LogP contribution >= 0.6 is 0 Å². The molecule has 0 aliphatic heterocycles. The van der Waals surface area contributed by atoms with Crippen LogP contribution in [0.2, 0.25) is 0 Å². The lowest BCUT2D eigenvalue weighted by molar-refractivity contribution is -0.144. The van der Waals surface area contributed by atoms with E-state index in [1.807, 2.05) is 38.1 Å². The van der Waals surface area contributed by atoms with Crippen molar-refractivity contribution in [2.45, 2.75) is 45.7 Å². The summed E-state index contributed by atoms with van der Waals surface area (Å²) >= 11 is 0. The molecule has 20 heavy (non-hydrogen) atoms. The molecule has 4 heteroatoms. The summed E-state index contributed by atoms with van der Waals surface area (Å²) < 4.78 is 10.4. The lowest BCUT2D eigenvalue weighted by atomic mass is 10.0. The molecule has 0 aliphatic carbocycles. The van der Waals surface area contributed by atoms with Crippen LogP contribution in [0.4, 0.5) is 0 Å². The summed E-state index contributed by atoms with van der Waals surface area (Å²) in [5.74, 6) is 0.945. The highest BCUT2D eigenvalue weighted by Crippen LogP contribution is 2.18. The zero-order chi connectivity index (χ0) is 15.1. The highest BCUT2D eigenvalue weighted by atomic mass is 16.5. The van der Waals surface area contributed by atoms with Crippen molar-refractivity contribution in [2.24, 2.45) is 0 Å². The van der Waals surface area contributed by atoms with Crippen LogP contribution in [0.3, 0.4) is 0 Å². The van der Waals surface area contributed by atoms with Gasteiger partial charge in [-0.15, -0.1) is 0 Å². The number of methoxy groups -OCH3 is 1. The monoisotopic (exact) mass is 279 g/mol. The maximum absolute atomic E-state index is 11.6. The molecule has 1 unspecified atom stereocenters. The Morgan fingerprint density at radius 2 is 1.75 bits per heavy atom. The van der Waals surface area contributed by atoms with Gasteiger partial charge in [-0.25, -0.2) is 0 Å². The second kappa shape index (κ2) is 7.90. The molecule has 0 fully saturated rings. The first-order chi connectivity index (χ1) is 9.43. The van der Waals surface area contributed by atoms with Crippen molar-refractivity contribution in [3.05, 3.63) is 29.8 Å². The average Bonchev–Trinajstić information content (AvgIpc) is 2.42. The number of hydrogen-bond donors (Lipinski definition) is 1. The SMILES string of the molecule is COC(=O)C(COc1ccc(C(C)C)cc1)NC(C)C. The van der Waals surface area contributed by atoms with Crippen LogP contribution in [0.1, 0.15) is 39.2 Å². The van der Waals surface area contributed by atoms with Crippen molar-refractivity contribution in [1.29, 1.82) is 0 Å². The van der Waals surface area contributed by atoms with Gasteiger partial charge in [0.05, 0.1) is 7.11 Å². The van der Waals surface area contributed by atoms with Gasteiger partial charge in [0.15, 0.2) is 0 Å². The lowest BCUT2D eigenvalue weighted by Crippen LogP contribution is -2.45. The number of nitrogens with one attached hydrogen (secondary N) is 1. The maximum atomic E-state index is 11.6. The first-order valence-corrected chi connectivity index (χ1v) is 7.00. The topological polar surface area (TPSA) is 47.6 Å². The molecule has 1 atom stereocenters. The van der Waals surface area contributed by atoms with E-state index < -0.39 is 6.04 Å². The van der Waals surface area contributed by atoms with Gasteiger partial charge >= 0.3 is 5.97 Å². The Hall–Kier alpha value is -1.55. The minimum absolute atomic E-state index is 0.186. The Bertz CT molecular complexity index is 412. The van der Waals surface area contributed by atoms with Gasteiger partial charge in [-0.1, -0.05) is 39.8 Å². The van der Waals surface area contributed by atoms with Crippen molar-refractivity contribution in [3.8, 4) is 5.75 Å². The molecule has 1 aromatic carbocycles. The van der Waals surface area contributed by atoms with E-state index in [-0.39, 0.29) is 18.6 Å². The Labute approximate surface area is 121 Å². The highest BCUT2D eigenvalue weighted by Gasteiger charge is 2.20. The third-order valence-corrected chi connectivity index (χ3v) is 2.98. The van der Waals surface area contributed by atoms with Gasteiger partial charge in [-0.3, -0.25) is 10.1 Å². The third kappa shape index (κ3) is 5.21. The zero-order valence-corrected chi connectivity index (χ0v) is 13.0. The molecule has 0 saturated carbocycles. The Kier molecular flexibility index (Phi) is 6.52. The molecule has 0 saturated heterocycles. The number of benzene rings is 1. The van der Waals surface area contributed by atoms with Crippen molar-refractivity contribution in [2.75, 3.05) is 13.7 Å². The molecule has 4 nitrogen and oxygen atoms in total. The molecule has 0 amide bonds. The molecule has 0 radical (unpaired) electrons. The molecule has 112 valence electrons. The third-order valence-electron chi connectivity index (χ3n) is 2.98. The lowest BCUT2D eigenvalue weighted by Gasteiger charge is -2.19. The maximum Gasteiger partial charge on any atom is 0.326 e. The summed E-state index contributed by atoms with van der Waals surface area (Å²) in [5, 5.41) is 3.13. The van der Waals surface area contributed by atoms with E-state index in [1.54, 1.807) is 0 Å². The fourth-order valence-electron chi connectivity index (χ4n) is 1.86. The van der Waals surface area contributed by atoms with Gasteiger partial charge < -0.3 is 9.47 Å². The Morgan fingerprint density at radius 3 is 2.20 bits per heavy atom. The van der Waals surface area contributed by atoms with Crippen LogP contribution in [-0.2, 0) is 9.53 Å². The second-order valence-electron chi connectivity index (χ2n) is 5.43. The van der Waals surface area contributed by atoms with E-state index in [0.29, 0.717) is 5.92 Å². The van der Waals surface area contributed by atoms with Crippen molar-refractivity contribution in [3.63, 3.8) is 0 Å². The molecule has 1 N–H and O–H groups in total. The molecule has 0 spiro atoms. The summed E-state index contributed by atoms with van der Waals surface area (Å²) in [6.45, 7) is 8.51. The Morgan fingerprint density at radius 1 is 1.15 bits per heavy atom. The molecule has 0 heterocycles. The van der Waals surface area contributed by atoms with Crippen LogP contribution in [0.5, 0.6) is 5.75 Å². The molecular weight excluding hydrogens is 254 g/mol. The molecule has 0 aliphatic rings. The molecule has 1 rings (SSSR count). The zero-order valence-electron chi connectivity index (χ0n) is 13.0. The number of carbonyl (C=O) groups excluding carboxylic acids is 1. The summed E-state index contributed by atoms with van der Waals surface area (Å²) in [7, 11) is 1.38. The number of esters is 1. The van der Waals surface area contributed by atoms with E-state index >= 15 is 0 Å². The standard InChI is InChI=1S/C16H25NO3/c1-11(2)13-6-8-14(9-7-13)20-10-15(16(18)19-5)17-12(3)4/h6-9,11-12,15,17H,10H2,1-5H3. The fourth-order valence-corrected chi connectivity index (χ4v) is 1.86. The minimum Gasteiger partial charge on any atom is -0.491 e. The van der Waals surface area contributed by atoms with Gasteiger partial charge in [0.25, 0.3) is 0 Å². The number of rotatable bonds is 7. The number of hydrogen-bond acceptors (Lipinski definition) is 4. The van der Waals surface area contributed by atoms with Crippen molar-refractivity contribution >= 4 is 5.97 Å². The van der Waals surface area contributed by atoms with Gasteiger partial charge in [0.2, 0.25) is 0 Å². The fraction of sp³-hybridized carbons (Fsp3) is 0.562. The van der Waals surface area contributed by atoms with Crippen LogP contribution in [0, 0.1) is 0 Å². The largest absolute Gasteiger partial charge is 0.491 e. The van der Waals surface area contributed by atoms with E-state index in [9.17, 15) is 4.79 Å². The first kappa shape index (κ1) is 16.5. The van der Waals surface area contributed by atoms with Gasteiger partial charge in [0, 0.05) is 6.04 Å². The summed E-state index contributed by atoms with van der Waals surface area (Å²) in [6, 6.07) is 7.68. The van der Waals surface area contributed by atoms with Crippen molar-refractivity contribution < 1.29 is 14.3 Å². The van der Waals surface area contributed by atoms with E-state index in [4.69, 9.17) is 9.47 Å². The van der Waals surface area contributed by atoms with Crippen LogP contribution in [-0.4, -0.2) is 31.8 Å². The first-order valence-electron chi connectivity index (χ1n) is 7.00. The number of ether oxygens (including phenoxy) is 2. The van der Waals surface area contributed by atoms with Gasteiger partial charge in [0.1, 0.15) is 18.4 Å². The van der Waals surface area contributed by atoms with Crippen molar-refractivity contribution in [1.82, 2.24) is 5.32 Å². The summed E-state index contributed by atoms with van der Waals surface area (Å²) in [5.41, 5.74) is 1.27. The van der Waals surface area contributed by atoms with E-state index in [0.717, 1.165) is 5.75 Å². The minimum atomic E-state index is -0.454. The normalized spacial score (nSPS) is 12.6. The molecule has 0 bridgehead atoms. The van der Waals surface area contributed by atoms with Crippen LogP contribution < -0.4 is 10.1 Å². The van der Waals surface area contributed by atoms with E-state index in [2.05, 4.69) is 19.2 Å². The summed E-state index contributed by atoms with van der Waals surface area (Å²) in [4.78, 5) is 11.6. The smallest absolute Gasteiger partial charge is 0.326 e. The van der Waals surface area contributed by atoms with E-state index in [1.165, 1.54) is 12.7 Å². The average molecular weight is 279 g/mol. The predicted molar refractivity (Wildman–Crippen MR) is 80.1 cm³/mol. The predicted octanol–water partition coefficient (Wildman–Crippen LogP) is 2.73. The highest BCUT2D eigenvalue weighted by molar-refractivity contribution is 5.75. The Balaban J connectivity index is 2.60.